The van der Waals surface area contributed by atoms with Gasteiger partial charge in [-0.15, -0.1) is 0 Å². The van der Waals surface area contributed by atoms with Crippen LogP contribution in [0.2, 0.25) is 0 Å². The van der Waals surface area contributed by atoms with Crippen LogP contribution >= 0.6 is 7.82 Å². The molecule has 1 N–H and O–H groups in total. The molecule has 0 bridgehead atoms. The number of phosphoric ester groups is 1. The summed E-state index contributed by atoms with van der Waals surface area (Å²) in [6, 6.07) is 4.49. The Hall–Kier alpha value is -3.51. The quantitative estimate of drug-likeness (QED) is 0.245. The van der Waals surface area contributed by atoms with Gasteiger partial charge in [-0.3, -0.25) is 33.0 Å². The molecular weight excluding hydrogens is 499 g/mol. The molecule has 3 heterocycles. The molecule has 3 atom stereocenters. The zero-order chi connectivity index (χ0) is 26.0. The fourth-order valence-electron chi connectivity index (χ4n) is 3.45. The summed E-state index contributed by atoms with van der Waals surface area (Å²) in [5.41, 5.74) is 0.0512. The summed E-state index contributed by atoms with van der Waals surface area (Å²) in [6.45, 7) is 3.57. The Bertz CT molecular complexity index is 1360. The van der Waals surface area contributed by atoms with Crippen molar-refractivity contribution < 1.29 is 41.9 Å². The molecule has 1 unspecified atom stereocenters. The van der Waals surface area contributed by atoms with Crippen LogP contribution in [0, 0.1) is 6.92 Å². The van der Waals surface area contributed by atoms with Crippen LogP contribution in [0.3, 0.4) is 0 Å². The van der Waals surface area contributed by atoms with Crippen molar-refractivity contribution in [2.75, 3.05) is 6.61 Å². The Morgan fingerprint density at radius 1 is 1.19 bits per heavy atom. The molecule has 4 rings (SSSR count). The summed E-state index contributed by atoms with van der Waals surface area (Å²) in [4.78, 5) is 48.5. The third-order valence-corrected chi connectivity index (χ3v) is 6.44. The Balaban J connectivity index is 1.39. The minimum atomic E-state index is -4.00. The minimum Gasteiger partial charge on any atom is -0.421 e. The second-order valence-corrected chi connectivity index (χ2v) is 9.55. The molecule has 2 aliphatic rings. The van der Waals surface area contributed by atoms with Crippen molar-refractivity contribution in [1.82, 2.24) is 9.55 Å². The van der Waals surface area contributed by atoms with Crippen LogP contribution in [0.15, 0.2) is 46.1 Å². The Morgan fingerprint density at radius 3 is 2.61 bits per heavy atom. The van der Waals surface area contributed by atoms with Crippen LogP contribution in [0.1, 0.15) is 43.1 Å². The summed E-state index contributed by atoms with van der Waals surface area (Å²) in [5, 5.41) is 0. The average molecular weight is 522 g/mol. The second kappa shape index (κ2) is 10.2. The van der Waals surface area contributed by atoms with E-state index in [1.165, 1.54) is 42.8 Å². The number of phosphoric acid groups is 1. The molecule has 1 aromatic heterocycles. The number of fused-ring (bicyclic) bond motifs is 1. The topological polar surface area (TPSA) is 161 Å². The number of carbonyl (C=O) groups excluding carboxylic acids is 2. The monoisotopic (exact) mass is 522 g/mol. The van der Waals surface area contributed by atoms with Gasteiger partial charge in [-0.1, -0.05) is 6.08 Å². The van der Waals surface area contributed by atoms with E-state index in [4.69, 9.17) is 27.8 Å². The van der Waals surface area contributed by atoms with Gasteiger partial charge in [-0.2, -0.15) is 0 Å². The smallest absolute Gasteiger partial charge is 0.421 e. The Kier molecular flexibility index (Phi) is 7.27. The normalized spacial score (nSPS) is 22.7. The maximum Gasteiger partial charge on any atom is 0.530 e. The molecule has 0 radical (unpaired) electrons. The number of aromatic amines is 1. The number of ether oxygens (including phenoxy) is 3. The van der Waals surface area contributed by atoms with Gasteiger partial charge in [-0.25, -0.2) is 9.36 Å². The number of aromatic nitrogens is 2. The van der Waals surface area contributed by atoms with Gasteiger partial charge in [-0.05, 0) is 31.2 Å². The van der Waals surface area contributed by atoms with E-state index in [9.17, 15) is 23.7 Å². The molecule has 0 aliphatic carbocycles. The highest BCUT2D eigenvalue weighted by Crippen LogP contribution is 2.55. The Morgan fingerprint density at radius 2 is 1.92 bits per heavy atom. The van der Waals surface area contributed by atoms with Crippen LogP contribution in [0.4, 0.5) is 0 Å². The molecule has 0 spiro atoms. The molecule has 1 aromatic carbocycles. The van der Waals surface area contributed by atoms with Crippen LogP contribution < -0.4 is 15.8 Å². The SMILES string of the molecule is CC(=O)OC(OC(C)=O)c1ccc2c(c1)COP(=O)(OC[C@@H]1C=C[C@H](n3cc(C)c(=O)[nH]c3=O)O1)O2. The van der Waals surface area contributed by atoms with E-state index in [-0.39, 0.29) is 19.0 Å². The number of benzene rings is 1. The summed E-state index contributed by atoms with van der Waals surface area (Å²) < 4.78 is 46.2. The number of rotatable bonds is 7. The first-order chi connectivity index (χ1) is 17.0. The maximum absolute atomic E-state index is 13.0. The standard InChI is InChI=1S/C22H23N2O11P/c1-12-9-24(22(28)23-20(12)27)19-7-5-17(34-19)11-31-36(29)30-10-16-8-15(4-6-18(16)35-36)21(32-13(2)25)33-14(3)26/h4-9,17,19,21H,10-11H2,1-3H3,(H,23,27,28)/t17-,19+,36?/m0/s1. The van der Waals surface area contributed by atoms with E-state index in [0.29, 0.717) is 16.7 Å². The first-order valence-corrected chi connectivity index (χ1v) is 12.2. The lowest BCUT2D eigenvalue weighted by Gasteiger charge is -2.26. The molecule has 192 valence electrons. The molecular formula is C22H23N2O11P. The zero-order valence-corrected chi connectivity index (χ0v) is 20.4. The van der Waals surface area contributed by atoms with Crippen molar-refractivity contribution >= 4 is 19.8 Å². The third kappa shape index (κ3) is 5.82. The molecule has 0 amide bonds. The van der Waals surface area contributed by atoms with Crippen LogP contribution in [0.5, 0.6) is 5.75 Å². The zero-order valence-electron chi connectivity index (χ0n) is 19.5. The van der Waals surface area contributed by atoms with Crippen LogP contribution in [-0.4, -0.2) is 34.2 Å². The number of nitrogens with zero attached hydrogens (tertiary/aromatic N) is 1. The Labute approximate surface area is 204 Å². The predicted molar refractivity (Wildman–Crippen MR) is 121 cm³/mol. The number of nitrogens with one attached hydrogen (secondary N) is 1. The molecule has 2 aromatic rings. The first kappa shape index (κ1) is 25.6. The van der Waals surface area contributed by atoms with Gasteiger partial charge < -0.3 is 18.7 Å². The van der Waals surface area contributed by atoms with Crippen molar-refractivity contribution in [2.24, 2.45) is 0 Å². The summed E-state index contributed by atoms with van der Waals surface area (Å²) in [5.74, 6) is -1.07. The maximum atomic E-state index is 13.0. The fraction of sp³-hybridized carbons (Fsp3) is 0.364. The third-order valence-electron chi connectivity index (χ3n) is 5.11. The molecule has 36 heavy (non-hydrogen) atoms. The average Bonchev–Trinajstić information content (AvgIpc) is 3.28. The minimum absolute atomic E-state index is 0.149. The van der Waals surface area contributed by atoms with E-state index in [2.05, 4.69) is 4.98 Å². The predicted octanol–water partition coefficient (Wildman–Crippen LogP) is 2.16. The largest absolute Gasteiger partial charge is 0.530 e. The number of aryl methyl sites for hydroxylation is 1. The second-order valence-electron chi connectivity index (χ2n) is 7.95. The lowest BCUT2D eigenvalue weighted by Crippen LogP contribution is -2.33. The van der Waals surface area contributed by atoms with Crippen molar-refractivity contribution in [3.05, 3.63) is 74.1 Å². The molecule has 0 fully saturated rings. The fourth-order valence-corrected chi connectivity index (χ4v) is 4.68. The van der Waals surface area contributed by atoms with Gasteiger partial charge in [0.25, 0.3) is 11.8 Å². The number of hydrogen-bond donors (Lipinski definition) is 1. The first-order valence-electron chi connectivity index (χ1n) is 10.7. The van der Waals surface area contributed by atoms with E-state index in [1.807, 2.05) is 0 Å². The van der Waals surface area contributed by atoms with Crippen LogP contribution in [0.25, 0.3) is 0 Å². The van der Waals surface area contributed by atoms with Crippen molar-refractivity contribution in [3.63, 3.8) is 0 Å². The number of hydrogen-bond acceptors (Lipinski definition) is 11. The summed E-state index contributed by atoms with van der Waals surface area (Å²) in [7, 11) is -4.00. The van der Waals surface area contributed by atoms with E-state index >= 15 is 0 Å². The number of carbonyl (C=O) groups is 2. The summed E-state index contributed by atoms with van der Waals surface area (Å²) >= 11 is 0. The van der Waals surface area contributed by atoms with E-state index < -0.39 is 49.6 Å². The van der Waals surface area contributed by atoms with Gasteiger partial charge in [0.2, 0.25) is 0 Å². The lowest BCUT2D eigenvalue weighted by molar-refractivity contribution is -0.186. The number of H-pyrrole nitrogens is 1. The molecule has 2 aliphatic heterocycles. The van der Waals surface area contributed by atoms with E-state index in [1.54, 1.807) is 19.1 Å². The molecule has 14 heteroatoms. The lowest BCUT2D eigenvalue weighted by atomic mass is 10.1. The van der Waals surface area contributed by atoms with Gasteiger partial charge in [0, 0.05) is 36.7 Å². The molecule has 0 saturated heterocycles. The highest BCUT2D eigenvalue weighted by atomic mass is 31.2. The van der Waals surface area contributed by atoms with Gasteiger partial charge in [0.1, 0.15) is 11.9 Å². The van der Waals surface area contributed by atoms with Gasteiger partial charge in [0.05, 0.1) is 13.2 Å². The highest BCUT2D eigenvalue weighted by molar-refractivity contribution is 7.49. The highest BCUT2D eigenvalue weighted by Gasteiger charge is 2.36. The van der Waals surface area contributed by atoms with Crippen LogP contribution in [-0.2, 0) is 44.0 Å². The molecule has 13 nitrogen and oxygen atoms in total. The van der Waals surface area contributed by atoms with Crippen molar-refractivity contribution in [3.8, 4) is 5.75 Å². The van der Waals surface area contributed by atoms with Crippen molar-refractivity contribution in [2.45, 2.75) is 46.0 Å². The van der Waals surface area contributed by atoms with E-state index in [0.717, 1.165) is 0 Å². The van der Waals surface area contributed by atoms with Crippen molar-refractivity contribution in [1.29, 1.82) is 0 Å². The van der Waals surface area contributed by atoms with Gasteiger partial charge in [0.15, 0.2) is 6.23 Å². The number of esters is 2. The molecule has 0 saturated carbocycles. The summed E-state index contributed by atoms with van der Waals surface area (Å²) in [6.07, 6.45) is 1.91. The van der Waals surface area contributed by atoms with Gasteiger partial charge >= 0.3 is 25.5 Å².